The van der Waals surface area contributed by atoms with Crippen molar-refractivity contribution in [1.29, 1.82) is 0 Å². The highest BCUT2D eigenvalue weighted by atomic mass is 32.2. The Kier molecular flexibility index (Phi) is 3.95. The molecule has 0 bridgehead atoms. The van der Waals surface area contributed by atoms with E-state index >= 15 is 0 Å². The summed E-state index contributed by atoms with van der Waals surface area (Å²) >= 11 is 0. The monoisotopic (exact) mass is 268 g/mol. The van der Waals surface area contributed by atoms with Crippen LogP contribution >= 0.6 is 0 Å². The van der Waals surface area contributed by atoms with Crippen molar-refractivity contribution in [2.45, 2.75) is 44.1 Å². The highest BCUT2D eigenvalue weighted by Crippen LogP contribution is 2.30. The predicted octanol–water partition coefficient (Wildman–Crippen LogP) is 3.05. The van der Waals surface area contributed by atoms with Gasteiger partial charge in [0.15, 0.2) is 9.84 Å². The maximum Gasteiger partial charge on any atom is 0.178 e. The van der Waals surface area contributed by atoms with Crippen molar-refractivity contribution in [1.82, 2.24) is 0 Å². The number of hydrogen-bond acceptors (Lipinski definition) is 3. The molecule has 0 saturated heterocycles. The van der Waals surface area contributed by atoms with Crippen molar-refractivity contribution in [3.05, 3.63) is 24.3 Å². The van der Waals surface area contributed by atoms with E-state index in [-0.39, 0.29) is 11.9 Å². The first-order valence-electron chi connectivity index (χ1n) is 6.47. The van der Waals surface area contributed by atoms with Crippen LogP contribution in [0.2, 0.25) is 0 Å². The predicted molar refractivity (Wildman–Crippen MR) is 71.6 cm³/mol. The summed E-state index contributed by atoms with van der Waals surface area (Å²) < 4.78 is 29.8. The Balaban J connectivity index is 2.07. The molecule has 0 N–H and O–H groups in total. The van der Waals surface area contributed by atoms with Crippen molar-refractivity contribution >= 4 is 9.84 Å². The number of rotatable bonds is 5. The molecule has 3 nitrogen and oxygen atoms in total. The second-order valence-electron chi connectivity index (χ2n) is 5.22. The Labute approximate surface area is 109 Å². The molecule has 18 heavy (non-hydrogen) atoms. The van der Waals surface area contributed by atoms with Crippen LogP contribution in [0.4, 0.5) is 0 Å². The van der Waals surface area contributed by atoms with Crippen LogP contribution in [0.3, 0.4) is 0 Å². The summed E-state index contributed by atoms with van der Waals surface area (Å²) in [6, 6.07) is 6.75. The molecule has 1 aliphatic carbocycles. The summed E-state index contributed by atoms with van der Waals surface area (Å²) in [7, 11) is -3.12. The maximum absolute atomic E-state index is 12.1. The van der Waals surface area contributed by atoms with Gasteiger partial charge >= 0.3 is 0 Å². The lowest BCUT2D eigenvalue weighted by atomic mass is 9.87. The summed E-state index contributed by atoms with van der Waals surface area (Å²) in [5, 5.41) is 0. The van der Waals surface area contributed by atoms with Crippen LogP contribution in [-0.4, -0.2) is 20.3 Å². The number of sulfone groups is 1. The van der Waals surface area contributed by atoms with Gasteiger partial charge < -0.3 is 4.74 Å². The molecule has 1 fully saturated rings. The third kappa shape index (κ3) is 3.25. The summed E-state index contributed by atoms with van der Waals surface area (Å²) in [5.41, 5.74) is 0. The standard InChI is InChI=1S/C14H20O3S/c1-11(2)17-13-6-8-14(9-7-13)18(15,16)10-12-4-3-5-12/h6-9,11-12H,3-5,10H2,1-2H3. The number of ether oxygens (including phenoxy) is 1. The molecule has 0 aliphatic heterocycles. The van der Waals surface area contributed by atoms with Gasteiger partial charge in [-0.1, -0.05) is 6.42 Å². The van der Waals surface area contributed by atoms with Gasteiger partial charge in [-0.25, -0.2) is 8.42 Å². The van der Waals surface area contributed by atoms with E-state index in [9.17, 15) is 8.42 Å². The summed E-state index contributed by atoms with van der Waals surface area (Å²) in [5.74, 6) is 1.37. The van der Waals surface area contributed by atoms with Crippen molar-refractivity contribution in [2.24, 2.45) is 5.92 Å². The molecule has 4 heteroatoms. The second-order valence-corrected chi connectivity index (χ2v) is 7.25. The quantitative estimate of drug-likeness (QED) is 0.824. The molecule has 1 aromatic rings. The lowest BCUT2D eigenvalue weighted by Crippen LogP contribution is -2.22. The van der Waals surface area contributed by atoms with Crippen LogP contribution in [0.5, 0.6) is 5.75 Å². The van der Waals surface area contributed by atoms with Crippen molar-refractivity contribution in [2.75, 3.05) is 5.75 Å². The van der Waals surface area contributed by atoms with Crippen molar-refractivity contribution in [3.63, 3.8) is 0 Å². The summed E-state index contributed by atoms with van der Waals surface area (Å²) in [4.78, 5) is 0.408. The average Bonchev–Trinajstić information content (AvgIpc) is 2.24. The Hall–Kier alpha value is -1.03. The van der Waals surface area contributed by atoms with E-state index in [1.54, 1.807) is 24.3 Å². The fourth-order valence-corrected chi connectivity index (χ4v) is 3.76. The first-order valence-corrected chi connectivity index (χ1v) is 8.12. The fraction of sp³-hybridized carbons (Fsp3) is 0.571. The van der Waals surface area contributed by atoms with Gasteiger partial charge in [0.05, 0.1) is 16.8 Å². The van der Waals surface area contributed by atoms with Crippen molar-refractivity contribution < 1.29 is 13.2 Å². The van der Waals surface area contributed by atoms with Gasteiger partial charge in [-0.3, -0.25) is 0 Å². The van der Waals surface area contributed by atoms with Crippen LogP contribution in [0.15, 0.2) is 29.2 Å². The van der Waals surface area contributed by atoms with Crippen LogP contribution < -0.4 is 4.74 Å². The zero-order chi connectivity index (χ0) is 13.2. The van der Waals surface area contributed by atoms with Gasteiger partial charge in [0.1, 0.15) is 5.75 Å². The van der Waals surface area contributed by atoms with Gasteiger partial charge in [0, 0.05) is 0 Å². The van der Waals surface area contributed by atoms with Crippen LogP contribution in [0.25, 0.3) is 0 Å². The minimum absolute atomic E-state index is 0.0995. The third-order valence-electron chi connectivity index (χ3n) is 3.23. The molecule has 0 atom stereocenters. The Morgan fingerprint density at radius 3 is 2.28 bits per heavy atom. The zero-order valence-corrected chi connectivity index (χ0v) is 11.7. The molecule has 2 rings (SSSR count). The van der Waals surface area contributed by atoms with E-state index in [1.807, 2.05) is 13.8 Å². The molecule has 1 aromatic carbocycles. The lowest BCUT2D eigenvalue weighted by molar-refractivity contribution is 0.242. The highest BCUT2D eigenvalue weighted by Gasteiger charge is 2.25. The molecule has 0 spiro atoms. The number of benzene rings is 1. The van der Waals surface area contributed by atoms with E-state index in [0.717, 1.165) is 12.8 Å². The van der Waals surface area contributed by atoms with E-state index in [4.69, 9.17) is 4.74 Å². The molecule has 100 valence electrons. The lowest BCUT2D eigenvalue weighted by Gasteiger charge is -2.24. The van der Waals surface area contributed by atoms with Gasteiger partial charge in [-0.2, -0.15) is 0 Å². The molecule has 0 radical (unpaired) electrons. The average molecular weight is 268 g/mol. The molecule has 0 heterocycles. The van der Waals surface area contributed by atoms with Gasteiger partial charge in [-0.15, -0.1) is 0 Å². The molecule has 0 amide bonds. The molecule has 1 saturated carbocycles. The van der Waals surface area contributed by atoms with E-state index in [2.05, 4.69) is 0 Å². The molecular formula is C14H20O3S. The second kappa shape index (κ2) is 5.31. The first-order chi connectivity index (χ1) is 8.47. The van der Waals surface area contributed by atoms with Crippen LogP contribution in [0, 0.1) is 5.92 Å². The van der Waals surface area contributed by atoms with E-state index in [0.29, 0.717) is 16.6 Å². The minimum Gasteiger partial charge on any atom is -0.491 e. The van der Waals surface area contributed by atoms with Crippen LogP contribution in [-0.2, 0) is 9.84 Å². The minimum atomic E-state index is -3.12. The fourth-order valence-electron chi connectivity index (χ4n) is 2.06. The Morgan fingerprint density at radius 2 is 1.83 bits per heavy atom. The zero-order valence-electron chi connectivity index (χ0n) is 10.9. The molecule has 1 aliphatic rings. The largest absolute Gasteiger partial charge is 0.491 e. The van der Waals surface area contributed by atoms with Gasteiger partial charge in [0.2, 0.25) is 0 Å². The van der Waals surface area contributed by atoms with Gasteiger partial charge in [0.25, 0.3) is 0 Å². The van der Waals surface area contributed by atoms with Crippen molar-refractivity contribution in [3.8, 4) is 5.75 Å². The SMILES string of the molecule is CC(C)Oc1ccc(S(=O)(=O)CC2CCC2)cc1. The van der Waals surface area contributed by atoms with E-state index < -0.39 is 9.84 Å². The molecular weight excluding hydrogens is 248 g/mol. The summed E-state index contributed by atoms with van der Waals surface area (Å²) in [6.45, 7) is 3.89. The molecule has 0 aromatic heterocycles. The van der Waals surface area contributed by atoms with Crippen LogP contribution in [0.1, 0.15) is 33.1 Å². The highest BCUT2D eigenvalue weighted by molar-refractivity contribution is 7.91. The normalized spacial score (nSPS) is 16.6. The third-order valence-corrected chi connectivity index (χ3v) is 5.14. The van der Waals surface area contributed by atoms with Gasteiger partial charge in [-0.05, 0) is 56.9 Å². The smallest absolute Gasteiger partial charge is 0.178 e. The topological polar surface area (TPSA) is 43.4 Å². The Bertz CT molecular complexity index is 484. The first kappa shape index (κ1) is 13.4. The molecule has 0 unspecified atom stereocenters. The Morgan fingerprint density at radius 1 is 1.22 bits per heavy atom. The maximum atomic E-state index is 12.1. The summed E-state index contributed by atoms with van der Waals surface area (Å²) in [6.07, 6.45) is 3.37. The van der Waals surface area contributed by atoms with E-state index in [1.165, 1.54) is 6.42 Å². The number of hydrogen-bond donors (Lipinski definition) is 0.